The van der Waals surface area contributed by atoms with Crippen LogP contribution in [0.4, 0.5) is 13.2 Å². The van der Waals surface area contributed by atoms with Gasteiger partial charge in [-0.2, -0.15) is 13.2 Å². The Balaban J connectivity index is 1.44. The zero-order valence-corrected chi connectivity index (χ0v) is 18.9. The van der Waals surface area contributed by atoms with Crippen LogP contribution >= 0.6 is 11.8 Å². The number of aromatic nitrogens is 4. The number of thioether (sulfide) groups is 1. The largest absolute Gasteiger partial charge is 0.420 e. The predicted octanol–water partition coefficient (Wildman–Crippen LogP) is 6.75. The van der Waals surface area contributed by atoms with Crippen LogP contribution in [-0.4, -0.2) is 19.7 Å². The van der Waals surface area contributed by atoms with Gasteiger partial charge in [0.05, 0.1) is 28.9 Å². The minimum Gasteiger partial charge on any atom is -0.420 e. The average Bonchev–Trinajstić information content (AvgIpc) is 3.43. The smallest absolute Gasteiger partial charge is 0.416 e. The number of fused-ring (bicyclic) bond motifs is 1. The van der Waals surface area contributed by atoms with Gasteiger partial charge in [-0.05, 0) is 42.8 Å². The fourth-order valence-electron chi connectivity index (χ4n) is 3.56. The van der Waals surface area contributed by atoms with Crippen LogP contribution in [0.5, 0.6) is 0 Å². The van der Waals surface area contributed by atoms with Crippen LogP contribution in [-0.2, 0) is 18.5 Å². The molecular formula is C25H19F3N4OS. The second-order valence-corrected chi connectivity index (χ2v) is 8.77. The number of rotatable bonds is 6. The van der Waals surface area contributed by atoms with E-state index in [9.17, 15) is 13.2 Å². The van der Waals surface area contributed by atoms with E-state index in [1.165, 1.54) is 17.8 Å². The first-order chi connectivity index (χ1) is 16.4. The molecule has 0 aliphatic carbocycles. The van der Waals surface area contributed by atoms with Gasteiger partial charge in [0.25, 0.3) is 0 Å². The fourth-order valence-corrected chi connectivity index (χ4v) is 4.41. The second kappa shape index (κ2) is 8.98. The molecule has 5 aromatic rings. The molecule has 0 radical (unpaired) electrons. The van der Waals surface area contributed by atoms with Gasteiger partial charge in [-0.15, -0.1) is 10.2 Å². The summed E-state index contributed by atoms with van der Waals surface area (Å²) in [6.07, 6.45) is -4.43. The SMILES string of the molecule is Cc1ccc(-c2nnc(CSc3nc4cc(C(F)(F)F)ccc4n3Cc3ccccc3)o2)cc1. The summed E-state index contributed by atoms with van der Waals surface area (Å²) in [5.41, 5.74) is 3.17. The first-order valence-corrected chi connectivity index (χ1v) is 11.5. The highest BCUT2D eigenvalue weighted by Crippen LogP contribution is 2.34. The van der Waals surface area contributed by atoms with E-state index in [0.717, 1.165) is 28.8 Å². The summed E-state index contributed by atoms with van der Waals surface area (Å²) in [7, 11) is 0. The van der Waals surface area contributed by atoms with E-state index in [2.05, 4.69) is 15.2 Å². The van der Waals surface area contributed by atoms with Crippen LogP contribution in [0.2, 0.25) is 0 Å². The van der Waals surface area contributed by atoms with E-state index in [-0.39, 0.29) is 0 Å². The molecule has 0 saturated heterocycles. The second-order valence-electron chi connectivity index (χ2n) is 7.82. The Hall–Kier alpha value is -3.59. The molecule has 0 amide bonds. The van der Waals surface area contributed by atoms with Crippen LogP contribution < -0.4 is 0 Å². The van der Waals surface area contributed by atoms with Gasteiger partial charge in [-0.3, -0.25) is 0 Å². The number of hydrogen-bond donors (Lipinski definition) is 0. The lowest BCUT2D eigenvalue weighted by atomic mass is 10.1. The van der Waals surface area contributed by atoms with Crippen molar-refractivity contribution < 1.29 is 17.6 Å². The predicted molar refractivity (Wildman–Crippen MR) is 124 cm³/mol. The van der Waals surface area contributed by atoms with Crippen LogP contribution in [0.1, 0.15) is 22.6 Å². The lowest BCUT2D eigenvalue weighted by Gasteiger charge is -2.09. The zero-order chi connectivity index (χ0) is 23.7. The Morgan fingerprint density at radius 1 is 0.941 bits per heavy atom. The monoisotopic (exact) mass is 480 g/mol. The maximum absolute atomic E-state index is 13.2. The fraction of sp³-hybridized carbons (Fsp3) is 0.160. The minimum atomic E-state index is -4.43. The van der Waals surface area contributed by atoms with Crippen LogP contribution in [0.25, 0.3) is 22.5 Å². The lowest BCUT2D eigenvalue weighted by Crippen LogP contribution is -2.05. The van der Waals surface area contributed by atoms with E-state index < -0.39 is 11.7 Å². The molecule has 0 aliphatic heterocycles. The van der Waals surface area contributed by atoms with E-state index >= 15 is 0 Å². The lowest BCUT2D eigenvalue weighted by molar-refractivity contribution is -0.137. The number of alkyl halides is 3. The third-order valence-electron chi connectivity index (χ3n) is 5.31. The van der Waals surface area contributed by atoms with E-state index in [1.807, 2.05) is 66.1 Å². The van der Waals surface area contributed by atoms with E-state index in [1.54, 1.807) is 0 Å². The number of hydrogen-bond acceptors (Lipinski definition) is 5. The maximum Gasteiger partial charge on any atom is 0.416 e. The quantitative estimate of drug-likeness (QED) is 0.252. The normalized spacial score (nSPS) is 11.9. The van der Waals surface area contributed by atoms with Gasteiger partial charge >= 0.3 is 6.18 Å². The molecule has 0 unspecified atom stereocenters. The molecule has 0 saturated carbocycles. The molecule has 0 N–H and O–H groups in total. The van der Waals surface area contributed by atoms with Gasteiger partial charge in [0, 0.05) is 5.56 Å². The third kappa shape index (κ3) is 4.70. The van der Waals surface area contributed by atoms with Crippen molar-refractivity contribution in [1.29, 1.82) is 0 Å². The van der Waals surface area contributed by atoms with Crippen molar-refractivity contribution in [3.63, 3.8) is 0 Å². The molecule has 3 aromatic carbocycles. The van der Waals surface area contributed by atoms with Gasteiger partial charge in [0.15, 0.2) is 5.16 Å². The van der Waals surface area contributed by atoms with E-state index in [0.29, 0.717) is 40.3 Å². The summed E-state index contributed by atoms with van der Waals surface area (Å²) in [6, 6.07) is 21.1. The molecule has 0 aliphatic rings. The number of benzene rings is 3. The Kier molecular flexibility index (Phi) is 5.87. The first kappa shape index (κ1) is 22.2. The van der Waals surface area contributed by atoms with Crippen molar-refractivity contribution in [3.8, 4) is 11.5 Å². The van der Waals surface area contributed by atoms with Crippen molar-refractivity contribution >= 4 is 22.8 Å². The number of imidazole rings is 1. The standard InChI is InChI=1S/C25H19F3N4OS/c1-16-7-9-18(10-8-16)23-31-30-22(33-23)15-34-24-29-20-13-19(25(26,27)28)11-12-21(20)32(24)14-17-5-3-2-4-6-17/h2-13H,14-15H2,1H3. The molecule has 5 rings (SSSR count). The highest BCUT2D eigenvalue weighted by molar-refractivity contribution is 7.98. The molecule has 0 fully saturated rings. The Morgan fingerprint density at radius 3 is 2.44 bits per heavy atom. The van der Waals surface area contributed by atoms with Gasteiger partial charge in [0.1, 0.15) is 0 Å². The summed E-state index contributed by atoms with van der Waals surface area (Å²) in [5, 5.41) is 8.82. The molecule has 2 aromatic heterocycles. The van der Waals surface area contributed by atoms with Gasteiger partial charge in [-0.1, -0.05) is 59.8 Å². The molecule has 2 heterocycles. The van der Waals surface area contributed by atoms with Crippen molar-refractivity contribution in [2.24, 2.45) is 0 Å². The Labute approximate surface area is 197 Å². The molecular weight excluding hydrogens is 461 g/mol. The number of aryl methyl sites for hydroxylation is 1. The minimum absolute atomic E-state index is 0.291. The summed E-state index contributed by atoms with van der Waals surface area (Å²) in [4.78, 5) is 4.51. The van der Waals surface area contributed by atoms with Crippen LogP contribution in [0, 0.1) is 6.92 Å². The van der Waals surface area contributed by atoms with Gasteiger partial charge in [-0.25, -0.2) is 4.98 Å². The first-order valence-electron chi connectivity index (χ1n) is 10.5. The highest BCUT2D eigenvalue weighted by Gasteiger charge is 2.31. The highest BCUT2D eigenvalue weighted by atomic mass is 32.2. The Morgan fingerprint density at radius 2 is 1.71 bits per heavy atom. The summed E-state index contributed by atoms with van der Waals surface area (Å²) >= 11 is 1.34. The number of halogens is 3. The topological polar surface area (TPSA) is 56.7 Å². The van der Waals surface area contributed by atoms with Crippen molar-refractivity contribution in [3.05, 3.63) is 95.4 Å². The number of nitrogens with zero attached hydrogens (tertiary/aromatic N) is 4. The molecule has 0 bridgehead atoms. The van der Waals surface area contributed by atoms with Crippen LogP contribution in [0.15, 0.2) is 82.4 Å². The maximum atomic E-state index is 13.2. The summed E-state index contributed by atoms with van der Waals surface area (Å²) in [5.74, 6) is 1.17. The summed E-state index contributed by atoms with van der Waals surface area (Å²) in [6.45, 7) is 2.47. The van der Waals surface area contributed by atoms with Crippen molar-refractivity contribution in [2.45, 2.75) is 30.6 Å². The molecule has 0 spiro atoms. The summed E-state index contributed by atoms with van der Waals surface area (Å²) < 4.78 is 47.4. The van der Waals surface area contributed by atoms with Gasteiger partial charge < -0.3 is 8.98 Å². The van der Waals surface area contributed by atoms with Crippen molar-refractivity contribution in [2.75, 3.05) is 0 Å². The third-order valence-corrected chi connectivity index (χ3v) is 6.28. The zero-order valence-electron chi connectivity index (χ0n) is 18.1. The van der Waals surface area contributed by atoms with Crippen molar-refractivity contribution in [1.82, 2.24) is 19.7 Å². The average molecular weight is 481 g/mol. The van der Waals surface area contributed by atoms with Gasteiger partial charge in [0.2, 0.25) is 11.8 Å². The molecule has 34 heavy (non-hydrogen) atoms. The molecule has 172 valence electrons. The van der Waals surface area contributed by atoms with E-state index in [4.69, 9.17) is 4.42 Å². The van der Waals surface area contributed by atoms with Crippen LogP contribution in [0.3, 0.4) is 0 Å². The molecule has 5 nitrogen and oxygen atoms in total. The Bertz CT molecular complexity index is 1430. The molecule has 9 heteroatoms. The molecule has 0 atom stereocenters.